The van der Waals surface area contributed by atoms with Crippen LogP contribution in [0, 0.1) is 11.3 Å². The van der Waals surface area contributed by atoms with E-state index in [1.807, 2.05) is 42.5 Å². The van der Waals surface area contributed by atoms with Gasteiger partial charge in [0.25, 0.3) is 0 Å². The summed E-state index contributed by atoms with van der Waals surface area (Å²) in [6.07, 6.45) is 2.73. The summed E-state index contributed by atoms with van der Waals surface area (Å²) in [5, 5.41) is 13.8. The van der Waals surface area contributed by atoms with E-state index in [1.54, 1.807) is 6.07 Å². The molecule has 3 aromatic carbocycles. The molecular weight excluding hydrogens is 450 g/mol. The quantitative estimate of drug-likeness (QED) is 0.394. The first-order chi connectivity index (χ1) is 16.3. The normalized spacial score (nSPS) is 12.1. The molecule has 7 nitrogen and oxygen atoms in total. The zero-order valence-corrected chi connectivity index (χ0v) is 19.8. The Bertz CT molecular complexity index is 1310. The molecule has 0 aliphatic heterocycles. The number of nitriles is 1. The van der Waals surface area contributed by atoms with Gasteiger partial charge in [0, 0.05) is 12.1 Å². The summed E-state index contributed by atoms with van der Waals surface area (Å²) in [5.41, 5.74) is 0.915. The van der Waals surface area contributed by atoms with Crippen molar-refractivity contribution < 1.29 is 18.0 Å². The van der Waals surface area contributed by atoms with E-state index in [-0.39, 0.29) is 17.1 Å². The van der Waals surface area contributed by atoms with Crippen molar-refractivity contribution in [2.45, 2.75) is 50.0 Å². The molecule has 0 aromatic heterocycles. The minimum Gasteiger partial charge on any atom is -0.325 e. The van der Waals surface area contributed by atoms with E-state index in [0.717, 1.165) is 10.8 Å². The number of amides is 1. The standard InChI is InChI=1S/C26H27N3O4S/c1-19(30)7-3-2-4-10-25(29-34(32,33)24-15-11-20(18-27)12-16-24)26(31)28-23-14-13-21-8-5-6-9-22(21)17-23/h5-6,8-9,11-17,25,29H,2-4,7,10H2,1H3,(H,28,31)/t25-/m0/s1. The van der Waals surface area contributed by atoms with Crippen LogP contribution in [0.4, 0.5) is 5.69 Å². The maximum absolute atomic E-state index is 13.1. The topological polar surface area (TPSA) is 116 Å². The SMILES string of the molecule is CC(=O)CCCCC[C@H](NS(=O)(=O)c1ccc(C#N)cc1)C(=O)Nc1ccc2ccccc2c1. The van der Waals surface area contributed by atoms with Crippen LogP contribution >= 0.6 is 0 Å². The van der Waals surface area contributed by atoms with Crippen LogP contribution in [0.3, 0.4) is 0 Å². The van der Waals surface area contributed by atoms with Gasteiger partial charge in [0.1, 0.15) is 11.8 Å². The molecule has 0 bridgehead atoms. The molecule has 1 amide bonds. The Morgan fingerprint density at radius 1 is 0.941 bits per heavy atom. The Hall–Kier alpha value is -3.54. The van der Waals surface area contributed by atoms with E-state index in [9.17, 15) is 18.0 Å². The minimum atomic E-state index is -3.99. The Morgan fingerprint density at radius 3 is 2.32 bits per heavy atom. The van der Waals surface area contributed by atoms with E-state index in [0.29, 0.717) is 36.9 Å². The van der Waals surface area contributed by atoms with Crippen molar-refractivity contribution in [1.82, 2.24) is 4.72 Å². The summed E-state index contributed by atoms with van der Waals surface area (Å²) >= 11 is 0. The number of sulfonamides is 1. The summed E-state index contributed by atoms with van der Waals surface area (Å²) < 4.78 is 28.4. The summed E-state index contributed by atoms with van der Waals surface area (Å²) in [5.74, 6) is -0.355. The van der Waals surface area contributed by atoms with Gasteiger partial charge >= 0.3 is 0 Å². The molecule has 34 heavy (non-hydrogen) atoms. The predicted molar refractivity (Wildman–Crippen MR) is 132 cm³/mol. The van der Waals surface area contributed by atoms with Crippen molar-refractivity contribution >= 4 is 38.2 Å². The van der Waals surface area contributed by atoms with Crippen molar-refractivity contribution in [2.24, 2.45) is 0 Å². The number of carbonyl (C=O) groups excluding carboxylic acids is 2. The fourth-order valence-electron chi connectivity index (χ4n) is 3.60. The summed E-state index contributed by atoms with van der Waals surface area (Å²) in [7, 11) is -3.99. The number of nitrogens with one attached hydrogen (secondary N) is 2. The highest BCUT2D eigenvalue weighted by Gasteiger charge is 2.25. The van der Waals surface area contributed by atoms with Gasteiger partial charge in [-0.05, 0) is 66.9 Å². The highest BCUT2D eigenvalue weighted by Crippen LogP contribution is 2.20. The zero-order chi connectivity index (χ0) is 24.6. The van der Waals surface area contributed by atoms with Gasteiger partial charge in [0.05, 0.1) is 16.5 Å². The molecule has 176 valence electrons. The van der Waals surface area contributed by atoms with Crippen molar-refractivity contribution in [1.29, 1.82) is 5.26 Å². The molecule has 1 atom stereocenters. The highest BCUT2D eigenvalue weighted by atomic mass is 32.2. The lowest BCUT2D eigenvalue weighted by molar-refractivity contribution is -0.118. The Balaban J connectivity index is 1.75. The molecule has 0 unspecified atom stereocenters. The lowest BCUT2D eigenvalue weighted by atomic mass is 10.1. The van der Waals surface area contributed by atoms with Crippen LogP contribution in [0.25, 0.3) is 10.8 Å². The lowest BCUT2D eigenvalue weighted by Gasteiger charge is -2.19. The van der Waals surface area contributed by atoms with Crippen molar-refractivity contribution in [3.05, 3.63) is 72.3 Å². The molecule has 8 heteroatoms. The first-order valence-electron chi connectivity index (χ1n) is 11.1. The second-order valence-corrected chi connectivity index (χ2v) is 9.88. The fourth-order valence-corrected chi connectivity index (χ4v) is 4.83. The Labute approximate surface area is 199 Å². The third-order valence-corrected chi connectivity index (χ3v) is 6.93. The van der Waals surface area contributed by atoms with Crippen LogP contribution < -0.4 is 10.0 Å². The average molecular weight is 478 g/mol. The molecule has 0 spiro atoms. The molecule has 0 fully saturated rings. The van der Waals surface area contributed by atoms with Gasteiger partial charge in [-0.15, -0.1) is 0 Å². The van der Waals surface area contributed by atoms with Gasteiger partial charge in [-0.3, -0.25) is 4.79 Å². The second kappa shape index (κ2) is 11.5. The van der Waals surface area contributed by atoms with E-state index < -0.39 is 22.0 Å². The number of benzene rings is 3. The van der Waals surface area contributed by atoms with E-state index in [1.165, 1.54) is 31.2 Å². The molecular formula is C26H27N3O4S. The van der Waals surface area contributed by atoms with Crippen LogP contribution in [-0.4, -0.2) is 26.2 Å². The second-order valence-electron chi connectivity index (χ2n) is 8.16. The van der Waals surface area contributed by atoms with Gasteiger partial charge in [0.2, 0.25) is 15.9 Å². The third-order valence-electron chi connectivity index (χ3n) is 5.45. The molecule has 3 aromatic rings. The number of anilines is 1. The maximum atomic E-state index is 13.1. The first kappa shape index (κ1) is 25.1. The largest absolute Gasteiger partial charge is 0.325 e. The number of unbranched alkanes of at least 4 members (excludes halogenated alkanes) is 2. The van der Waals surface area contributed by atoms with Crippen molar-refractivity contribution in [3.8, 4) is 6.07 Å². The Morgan fingerprint density at radius 2 is 1.65 bits per heavy atom. The number of rotatable bonds is 11. The van der Waals surface area contributed by atoms with Crippen LogP contribution in [0.2, 0.25) is 0 Å². The van der Waals surface area contributed by atoms with E-state index in [4.69, 9.17) is 5.26 Å². The number of nitrogens with zero attached hydrogens (tertiary/aromatic N) is 1. The fraction of sp³-hybridized carbons (Fsp3) is 0.269. The van der Waals surface area contributed by atoms with Gasteiger partial charge < -0.3 is 10.1 Å². The lowest BCUT2D eigenvalue weighted by Crippen LogP contribution is -2.43. The van der Waals surface area contributed by atoms with E-state index in [2.05, 4.69) is 10.0 Å². The van der Waals surface area contributed by atoms with Crippen LogP contribution in [0.5, 0.6) is 0 Å². The number of hydrogen-bond acceptors (Lipinski definition) is 5. The molecule has 0 radical (unpaired) electrons. The zero-order valence-electron chi connectivity index (χ0n) is 19.0. The molecule has 0 aliphatic rings. The number of Topliss-reactive ketones (excluding diaryl/α,β-unsaturated/α-hetero) is 1. The minimum absolute atomic E-state index is 0.0217. The molecule has 0 saturated carbocycles. The summed E-state index contributed by atoms with van der Waals surface area (Å²) in [4.78, 5) is 24.2. The summed E-state index contributed by atoms with van der Waals surface area (Å²) in [6.45, 7) is 1.53. The average Bonchev–Trinajstić information content (AvgIpc) is 2.82. The smallest absolute Gasteiger partial charge is 0.242 e. The number of hydrogen-bond donors (Lipinski definition) is 2. The predicted octanol–water partition coefficient (Wildman–Crippen LogP) is 4.54. The molecule has 3 rings (SSSR count). The first-order valence-corrected chi connectivity index (χ1v) is 12.6. The monoisotopic (exact) mass is 477 g/mol. The molecule has 2 N–H and O–H groups in total. The van der Waals surface area contributed by atoms with Gasteiger partial charge in [-0.25, -0.2) is 8.42 Å². The highest BCUT2D eigenvalue weighted by molar-refractivity contribution is 7.89. The van der Waals surface area contributed by atoms with Crippen LogP contribution in [0.1, 0.15) is 44.6 Å². The van der Waals surface area contributed by atoms with Crippen molar-refractivity contribution in [2.75, 3.05) is 5.32 Å². The van der Waals surface area contributed by atoms with Crippen LogP contribution in [0.15, 0.2) is 71.6 Å². The number of ketones is 1. The van der Waals surface area contributed by atoms with Gasteiger partial charge in [0.15, 0.2) is 0 Å². The third kappa shape index (κ3) is 6.98. The molecule has 0 aliphatic carbocycles. The van der Waals surface area contributed by atoms with Crippen molar-refractivity contribution in [3.63, 3.8) is 0 Å². The van der Waals surface area contributed by atoms with Gasteiger partial charge in [-0.2, -0.15) is 9.98 Å². The summed E-state index contributed by atoms with van der Waals surface area (Å²) in [6, 6.07) is 19.7. The van der Waals surface area contributed by atoms with Gasteiger partial charge in [-0.1, -0.05) is 43.2 Å². The maximum Gasteiger partial charge on any atom is 0.242 e. The van der Waals surface area contributed by atoms with E-state index >= 15 is 0 Å². The number of carbonyl (C=O) groups is 2. The van der Waals surface area contributed by atoms with Crippen LogP contribution in [-0.2, 0) is 19.6 Å². The Kier molecular flexibility index (Phi) is 8.52. The number of fused-ring (bicyclic) bond motifs is 1. The molecule has 0 heterocycles. The molecule has 0 saturated heterocycles.